The van der Waals surface area contributed by atoms with Crippen molar-refractivity contribution >= 4 is 11.9 Å². The first kappa shape index (κ1) is 66.9. The first-order valence-corrected chi connectivity index (χ1v) is 30.0. The van der Waals surface area contributed by atoms with Gasteiger partial charge in [0.2, 0.25) is 0 Å². The molecule has 8 fully saturated rings. The number of aliphatic hydroxyl groups excluding tert-OH is 14. The second-order valence-corrected chi connectivity index (χ2v) is 28.0. The Labute approximate surface area is 494 Å². The van der Waals surface area contributed by atoms with Crippen LogP contribution in [0.25, 0.3) is 0 Å². The van der Waals surface area contributed by atoms with Crippen molar-refractivity contribution in [3.63, 3.8) is 0 Å². The SMILES string of the molecule is CC=C(C)C(=O)OCC12C(O)CC(C)(C)CC1C1=CCC3C4(C)CCC(OC5OC(C(=O)O)C(O)C(OC6OC(CO)C(O)C(O)C6OC6OC(C)C(O)C(O)C6O)C5OC5OC(CO)C(O)C(O)C5O)C(C)(C)C4CCC3(C)C1(C)C(O)C2O. The number of fused-ring (bicyclic) bond motifs is 7. The van der Waals surface area contributed by atoms with E-state index in [4.69, 9.17) is 42.6 Å². The first-order chi connectivity index (χ1) is 39.6. The summed E-state index contributed by atoms with van der Waals surface area (Å²) in [7, 11) is 0. The lowest BCUT2D eigenvalue weighted by atomic mass is 9.32. The van der Waals surface area contributed by atoms with E-state index in [2.05, 4.69) is 33.8 Å². The maximum atomic E-state index is 13.2. The highest BCUT2D eigenvalue weighted by Gasteiger charge is 2.75. The smallest absolute Gasteiger partial charge is 0.335 e. The second kappa shape index (κ2) is 24.3. The zero-order valence-corrected chi connectivity index (χ0v) is 50.0. The van der Waals surface area contributed by atoms with Crippen LogP contribution in [-0.4, -0.2) is 256 Å². The van der Waals surface area contributed by atoms with Crippen molar-refractivity contribution in [2.75, 3.05) is 19.8 Å². The molecule has 31 atom stereocenters. The van der Waals surface area contributed by atoms with Crippen LogP contribution in [0.2, 0.25) is 0 Å². The van der Waals surface area contributed by atoms with E-state index in [9.17, 15) is 86.2 Å². The molecule has 0 aromatic heterocycles. The Balaban J connectivity index is 1.05. The van der Waals surface area contributed by atoms with Gasteiger partial charge in [-0.1, -0.05) is 66.2 Å². The number of aliphatic carboxylic acids is 1. The van der Waals surface area contributed by atoms with Crippen molar-refractivity contribution < 1.29 is 129 Å². The van der Waals surface area contributed by atoms with Crippen molar-refractivity contribution in [1.82, 2.24) is 0 Å². The number of carbonyl (C=O) groups is 2. The predicted molar refractivity (Wildman–Crippen MR) is 289 cm³/mol. The van der Waals surface area contributed by atoms with Crippen molar-refractivity contribution in [1.29, 1.82) is 0 Å². The fourth-order valence-corrected chi connectivity index (χ4v) is 17.3. The molecule has 4 aliphatic heterocycles. The Kier molecular flexibility index (Phi) is 19.1. The molecule has 0 spiro atoms. The summed E-state index contributed by atoms with van der Waals surface area (Å²) in [5, 5.41) is 169. The molecule has 0 aromatic carbocycles. The quantitative estimate of drug-likeness (QED) is 0.0387. The van der Waals surface area contributed by atoms with Gasteiger partial charge in [-0.05, 0) is 105 Å². The highest BCUT2D eigenvalue weighted by molar-refractivity contribution is 5.87. The first-order valence-electron chi connectivity index (χ1n) is 30.0. The highest BCUT2D eigenvalue weighted by atomic mass is 16.8. The molecule has 31 unspecified atom stereocenters. The van der Waals surface area contributed by atoms with Gasteiger partial charge in [-0.3, -0.25) is 0 Å². The van der Waals surface area contributed by atoms with Gasteiger partial charge in [0.05, 0.1) is 49.1 Å². The Morgan fingerprint density at radius 1 is 0.624 bits per heavy atom. The molecule has 9 rings (SSSR count). The van der Waals surface area contributed by atoms with E-state index in [-0.39, 0.29) is 30.3 Å². The van der Waals surface area contributed by atoms with Crippen LogP contribution in [0.1, 0.15) is 114 Å². The summed E-state index contributed by atoms with van der Waals surface area (Å²) in [6.45, 7) is 17.1. The van der Waals surface area contributed by atoms with E-state index in [1.807, 2.05) is 20.8 Å². The van der Waals surface area contributed by atoms with Crippen LogP contribution in [0, 0.1) is 50.2 Å². The van der Waals surface area contributed by atoms with Crippen molar-refractivity contribution in [3.8, 4) is 0 Å². The summed E-state index contributed by atoms with van der Waals surface area (Å²) in [6, 6.07) is 0. The van der Waals surface area contributed by atoms with Gasteiger partial charge < -0.3 is 119 Å². The fourth-order valence-electron chi connectivity index (χ4n) is 17.3. The van der Waals surface area contributed by atoms with E-state index in [1.54, 1.807) is 19.9 Å². The molecule has 0 amide bonds. The molecule has 9 aliphatic rings. The lowest BCUT2D eigenvalue weighted by Crippen LogP contribution is -2.74. The number of hydrogen-bond acceptors (Lipinski definition) is 25. The molecule has 0 radical (unpaired) electrons. The summed E-state index contributed by atoms with van der Waals surface area (Å²) in [5.74, 6) is -3.10. The standard InChI is InChI=1S/C59H94O26/c1-11-23(2)49(76)77-22-59-26(18-54(4,5)19-31(59)62)25-12-13-30-56(8)16-15-32(55(6,7)29(56)14-17-57(30,9)58(25,10)46(72)47(59)73)81-53-45(85-51-40(70)37(67)34(64)27(20-60)79-51)42(41(71)43(83-53)48(74)75)82-52-44(38(68)35(65)28(21-61)80-52)84-50-39(69)36(66)33(63)24(3)78-50/h11-12,24,26-47,50-53,60-73H,13-22H2,1-10H3,(H,74,75). The number of hydrogen-bond donors (Lipinski definition) is 15. The minimum atomic E-state index is -2.29. The van der Waals surface area contributed by atoms with Gasteiger partial charge in [0, 0.05) is 11.0 Å². The highest BCUT2D eigenvalue weighted by Crippen LogP contribution is 2.76. The van der Waals surface area contributed by atoms with Gasteiger partial charge in [0.15, 0.2) is 31.3 Å². The summed E-state index contributed by atoms with van der Waals surface area (Å²) in [6.07, 6.45) is -35.9. The van der Waals surface area contributed by atoms with Crippen LogP contribution in [0.4, 0.5) is 0 Å². The monoisotopic (exact) mass is 1220 g/mol. The van der Waals surface area contributed by atoms with Crippen LogP contribution in [0.3, 0.4) is 0 Å². The Morgan fingerprint density at radius 2 is 1.19 bits per heavy atom. The molecular formula is C59H94O26. The molecule has 26 nitrogen and oxygen atoms in total. The lowest BCUT2D eigenvalue weighted by Gasteiger charge is -2.73. The van der Waals surface area contributed by atoms with Crippen molar-refractivity contribution in [3.05, 3.63) is 23.3 Å². The molecule has 26 heteroatoms. The molecule has 15 N–H and O–H groups in total. The van der Waals surface area contributed by atoms with Crippen molar-refractivity contribution in [2.24, 2.45) is 50.2 Å². The van der Waals surface area contributed by atoms with E-state index in [0.29, 0.717) is 44.1 Å². The molecular weight excluding hydrogens is 1120 g/mol. The molecule has 5 aliphatic carbocycles. The molecule has 4 saturated heterocycles. The van der Waals surface area contributed by atoms with Crippen molar-refractivity contribution in [2.45, 2.75) is 261 Å². The normalized spacial score (nSPS) is 52.4. The maximum absolute atomic E-state index is 13.2. The molecule has 486 valence electrons. The zero-order chi connectivity index (χ0) is 62.7. The molecule has 4 saturated carbocycles. The van der Waals surface area contributed by atoms with Gasteiger partial charge in [0.25, 0.3) is 0 Å². The molecule has 4 heterocycles. The van der Waals surface area contributed by atoms with Crippen LogP contribution in [-0.2, 0) is 52.2 Å². The Hall–Kier alpha value is -2.46. The Bertz CT molecular complexity index is 2460. The number of esters is 1. The van der Waals surface area contributed by atoms with Gasteiger partial charge in [-0.15, -0.1) is 0 Å². The fraction of sp³-hybridized carbons (Fsp3) is 0.898. The lowest BCUT2D eigenvalue weighted by molar-refractivity contribution is -0.406. The van der Waals surface area contributed by atoms with E-state index in [1.165, 1.54) is 6.92 Å². The molecule has 0 bridgehead atoms. The predicted octanol–water partition coefficient (Wildman–Crippen LogP) is -2.01. The summed E-state index contributed by atoms with van der Waals surface area (Å²) in [4.78, 5) is 26.4. The van der Waals surface area contributed by atoms with Crippen LogP contribution in [0.5, 0.6) is 0 Å². The van der Waals surface area contributed by atoms with Gasteiger partial charge >= 0.3 is 11.9 Å². The number of carbonyl (C=O) groups excluding carboxylic acids is 1. The molecule has 85 heavy (non-hydrogen) atoms. The number of carboxylic acid groups (broad SMARTS) is 1. The number of ether oxygens (including phenoxy) is 9. The van der Waals surface area contributed by atoms with Gasteiger partial charge in [-0.2, -0.15) is 0 Å². The van der Waals surface area contributed by atoms with E-state index in [0.717, 1.165) is 5.57 Å². The molecule has 0 aromatic rings. The minimum Gasteiger partial charge on any atom is -0.479 e. The maximum Gasteiger partial charge on any atom is 0.335 e. The third-order valence-corrected chi connectivity index (χ3v) is 22.6. The third-order valence-electron chi connectivity index (χ3n) is 22.6. The van der Waals surface area contributed by atoms with Gasteiger partial charge in [-0.25, -0.2) is 9.59 Å². The van der Waals surface area contributed by atoms with E-state index >= 15 is 0 Å². The largest absolute Gasteiger partial charge is 0.479 e. The zero-order valence-electron chi connectivity index (χ0n) is 50.0. The average Bonchev–Trinajstić information content (AvgIpc) is 0.693. The number of aliphatic hydroxyl groups is 14. The summed E-state index contributed by atoms with van der Waals surface area (Å²) >= 11 is 0. The average molecular weight is 1220 g/mol. The minimum absolute atomic E-state index is 0.129. The third kappa shape index (κ3) is 10.9. The van der Waals surface area contributed by atoms with Crippen LogP contribution in [0.15, 0.2) is 23.3 Å². The topological polar surface area (TPSA) is 421 Å². The number of carboxylic acids is 1. The van der Waals surface area contributed by atoms with Crippen LogP contribution < -0.4 is 0 Å². The Morgan fingerprint density at radius 3 is 1.80 bits per heavy atom. The summed E-state index contributed by atoms with van der Waals surface area (Å²) < 4.78 is 55.0. The number of allylic oxidation sites excluding steroid dienone is 2. The summed E-state index contributed by atoms with van der Waals surface area (Å²) in [5.41, 5.74) is -3.59. The number of rotatable bonds is 14. The second-order valence-electron chi connectivity index (χ2n) is 28.0. The van der Waals surface area contributed by atoms with E-state index < -0.39 is 205 Å². The van der Waals surface area contributed by atoms with Gasteiger partial charge in [0.1, 0.15) is 92.1 Å². The van der Waals surface area contributed by atoms with Crippen LogP contribution >= 0.6 is 0 Å².